The van der Waals surface area contributed by atoms with Crippen LogP contribution in [0.5, 0.6) is 0 Å². The summed E-state index contributed by atoms with van der Waals surface area (Å²) in [7, 11) is -0.768. The summed E-state index contributed by atoms with van der Waals surface area (Å²) >= 11 is 0. The molecule has 1 aliphatic heterocycles. The van der Waals surface area contributed by atoms with Crippen molar-refractivity contribution in [2.24, 2.45) is 11.7 Å². The number of hydrogen-bond donors (Lipinski definition) is 1. The molecule has 4 heteroatoms. The Kier molecular flexibility index (Phi) is 4.54. The Labute approximate surface area is 88.8 Å². The molecule has 1 heterocycles. The Morgan fingerprint density at radius 3 is 2.50 bits per heavy atom. The van der Waals surface area contributed by atoms with E-state index in [1.807, 2.05) is 13.8 Å². The van der Waals surface area contributed by atoms with E-state index < -0.39 is 10.8 Å². The number of nitrogens with two attached hydrogens (primary N) is 1. The minimum absolute atomic E-state index is 0.309. The zero-order chi connectivity index (χ0) is 10.6. The molecule has 0 spiro atoms. The standard InChI is InChI=1S/C10H21NO2S/c1-10(2,11)8-14(12)7-9-3-5-13-6-4-9/h9H,3-8,11H2,1-2H3. The Morgan fingerprint density at radius 1 is 1.43 bits per heavy atom. The van der Waals surface area contributed by atoms with Crippen LogP contribution in [-0.2, 0) is 15.5 Å². The largest absolute Gasteiger partial charge is 0.381 e. The van der Waals surface area contributed by atoms with Gasteiger partial charge in [-0.2, -0.15) is 0 Å². The van der Waals surface area contributed by atoms with Gasteiger partial charge in [-0.15, -0.1) is 0 Å². The predicted octanol–water partition coefficient (Wildman–Crippen LogP) is 0.899. The van der Waals surface area contributed by atoms with Crippen LogP contribution in [-0.4, -0.2) is 34.5 Å². The van der Waals surface area contributed by atoms with E-state index in [0.717, 1.165) is 31.8 Å². The highest BCUT2D eigenvalue weighted by Crippen LogP contribution is 2.16. The average molecular weight is 219 g/mol. The van der Waals surface area contributed by atoms with Gasteiger partial charge in [0.1, 0.15) is 0 Å². The molecule has 1 rings (SSSR count). The maximum absolute atomic E-state index is 11.7. The summed E-state index contributed by atoms with van der Waals surface area (Å²) in [6.07, 6.45) is 2.10. The Morgan fingerprint density at radius 2 is 2.00 bits per heavy atom. The second-order valence-corrected chi connectivity index (χ2v) is 6.30. The fraction of sp³-hybridized carbons (Fsp3) is 1.00. The fourth-order valence-electron chi connectivity index (χ4n) is 1.65. The normalized spacial score (nSPS) is 22.2. The molecule has 84 valence electrons. The minimum Gasteiger partial charge on any atom is -0.381 e. The molecule has 0 aromatic rings. The van der Waals surface area contributed by atoms with Crippen LogP contribution in [0.1, 0.15) is 26.7 Å². The zero-order valence-electron chi connectivity index (χ0n) is 9.12. The van der Waals surface area contributed by atoms with E-state index in [1.165, 1.54) is 0 Å². The summed E-state index contributed by atoms with van der Waals surface area (Å²) in [6, 6.07) is 0. The van der Waals surface area contributed by atoms with Crippen molar-refractivity contribution < 1.29 is 8.95 Å². The zero-order valence-corrected chi connectivity index (χ0v) is 9.94. The quantitative estimate of drug-likeness (QED) is 0.764. The van der Waals surface area contributed by atoms with Gasteiger partial charge < -0.3 is 10.5 Å². The smallest absolute Gasteiger partial charge is 0.0469 e. The van der Waals surface area contributed by atoms with Gasteiger partial charge in [0.2, 0.25) is 0 Å². The summed E-state index contributed by atoms with van der Waals surface area (Å²) < 4.78 is 17.0. The Bertz CT molecular complexity index is 195. The molecule has 1 saturated heterocycles. The molecule has 0 saturated carbocycles. The van der Waals surface area contributed by atoms with Crippen molar-refractivity contribution in [2.75, 3.05) is 24.7 Å². The van der Waals surface area contributed by atoms with Crippen LogP contribution in [0, 0.1) is 5.92 Å². The lowest BCUT2D eigenvalue weighted by Gasteiger charge is -2.23. The highest BCUT2D eigenvalue weighted by molar-refractivity contribution is 7.85. The van der Waals surface area contributed by atoms with E-state index in [0.29, 0.717) is 11.7 Å². The molecule has 1 unspecified atom stereocenters. The Balaban J connectivity index is 2.25. The molecule has 3 nitrogen and oxygen atoms in total. The Hall–Kier alpha value is 0.0700. The van der Waals surface area contributed by atoms with Gasteiger partial charge in [-0.3, -0.25) is 4.21 Å². The van der Waals surface area contributed by atoms with Crippen molar-refractivity contribution in [3.8, 4) is 0 Å². The lowest BCUT2D eigenvalue weighted by molar-refractivity contribution is 0.0725. The molecule has 0 amide bonds. The van der Waals surface area contributed by atoms with Crippen LogP contribution >= 0.6 is 0 Å². The molecular formula is C10H21NO2S. The number of rotatable bonds is 4. The highest BCUT2D eigenvalue weighted by Gasteiger charge is 2.20. The van der Waals surface area contributed by atoms with Crippen LogP contribution in [0.15, 0.2) is 0 Å². The topological polar surface area (TPSA) is 52.3 Å². The molecule has 0 bridgehead atoms. The lowest BCUT2D eigenvalue weighted by Crippen LogP contribution is -2.39. The van der Waals surface area contributed by atoms with Crippen molar-refractivity contribution in [1.29, 1.82) is 0 Å². The lowest BCUT2D eigenvalue weighted by atomic mass is 10.0. The van der Waals surface area contributed by atoms with Crippen molar-refractivity contribution in [1.82, 2.24) is 0 Å². The monoisotopic (exact) mass is 219 g/mol. The van der Waals surface area contributed by atoms with Crippen LogP contribution in [0.25, 0.3) is 0 Å². The third kappa shape index (κ3) is 5.08. The number of ether oxygens (including phenoxy) is 1. The average Bonchev–Trinajstić information content (AvgIpc) is 2.02. The second kappa shape index (κ2) is 5.24. The van der Waals surface area contributed by atoms with E-state index in [9.17, 15) is 4.21 Å². The van der Waals surface area contributed by atoms with Gasteiger partial charge in [-0.25, -0.2) is 0 Å². The maximum atomic E-state index is 11.7. The summed E-state index contributed by atoms with van der Waals surface area (Å²) in [4.78, 5) is 0. The van der Waals surface area contributed by atoms with Gasteiger partial charge in [0.15, 0.2) is 0 Å². The first-order chi connectivity index (χ1) is 6.47. The summed E-state index contributed by atoms with van der Waals surface area (Å²) in [5.41, 5.74) is 5.51. The van der Waals surface area contributed by atoms with Crippen molar-refractivity contribution in [3.63, 3.8) is 0 Å². The summed E-state index contributed by atoms with van der Waals surface area (Å²) in [5.74, 6) is 1.97. The molecule has 0 radical (unpaired) electrons. The van der Waals surface area contributed by atoms with Crippen molar-refractivity contribution in [2.45, 2.75) is 32.2 Å². The first kappa shape index (κ1) is 12.1. The van der Waals surface area contributed by atoms with Crippen LogP contribution < -0.4 is 5.73 Å². The summed E-state index contributed by atoms with van der Waals surface area (Å²) in [5, 5.41) is 0. The molecule has 0 aromatic carbocycles. The van der Waals surface area contributed by atoms with E-state index >= 15 is 0 Å². The van der Waals surface area contributed by atoms with E-state index in [1.54, 1.807) is 0 Å². The van der Waals surface area contributed by atoms with E-state index in [4.69, 9.17) is 10.5 Å². The van der Waals surface area contributed by atoms with Gasteiger partial charge in [0.25, 0.3) is 0 Å². The molecule has 1 atom stereocenters. The molecule has 14 heavy (non-hydrogen) atoms. The van der Waals surface area contributed by atoms with Crippen molar-refractivity contribution in [3.05, 3.63) is 0 Å². The predicted molar refractivity (Wildman–Crippen MR) is 59.7 cm³/mol. The van der Waals surface area contributed by atoms with Gasteiger partial charge in [-0.1, -0.05) is 0 Å². The van der Waals surface area contributed by atoms with Crippen LogP contribution in [0.3, 0.4) is 0 Å². The van der Waals surface area contributed by atoms with Crippen LogP contribution in [0.4, 0.5) is 0 Å². The second-order valence-electron chi connectivity index (χ2n) is 4.80. The minimum atomic E-state index is -0.768. The van der Waals surface area contributed by atoms with Gasteiger partial charge >= 0.3 is 0 Å². The molecular weight excluding hydrogens is 198 g/mol. The first-order valence-electron chi connectivity index (χ1n) is 5.19. The highest BCUT2D eigenvalue weighted by atomic mass is 32.2. The van der Waals surface area contributed by atoms with Crippen molar-refractivity contribution >= 4 is 10.8 Å². The third-order valence-electron chi connectivity index (χ3n) is 2.30. The molecule has 2 N–H and O–H groups in total. The fourth-order valence-corrected chi connectivity index (χ4v) is 3.46. The molecule has 1 aliphatic rings. The molecule has 0 aliphatic carbocycles. The van der Waals surface area contributed by atoms with Gasteiger partial charge in [0.05, 0.1) is 0 Å². The molecule has 0 aromatic heterocycles. The van der Waals surface area contributed by atoms with Gasteiger partial charge in [-0.05, 0) is 32.6 Å². The van der Waals surface area contributed by atoms with E-state index in [2.05, 4.69) is 0 Å². The maximum Gasteiger partial charge on any atom is 0.0469 e. The number of hydrogen-bond acceptors (Lipinski definition) is 3. The van der Waals surface area contributed by atoms with Gasteiger partial charge in [0, 0.05) is 41.1 Å². The van der Waals surface area contributed by atoms with Crippen LogP contribution in [0.2, 0.25) is 0 Å². The first-order valence-corrected chi connectivity index (χ1v) is 6.68. The summed E-state index contributed by atoms with van der Waals surface area (Å²) in [6.45, 7) is 5.51. The van der Waals surface area contributed by atoms with E-state index in [-0.39, 0.29) is 5.54 Å². The molecule has 1 fully saturated rings. The SMILES string of the molecule is CC(C)(N)CS(=O)CC1CCOCC1. The third-order valence-corrected chi connectivity index (χ3v) is 4.20.